The summed E-state index contributed by atoms with van der Waals surface area (Å²) in [5, 5.41) is 5.54. The van der Waals surface area contributed by atoms with Crippen molar-refractivity contribution in [2.24, 2.45) is 0 Å². The van der Waals surface area contributed by atoms with Crippen LogP contribution in [0.25, 0.3) is 0 Å². The molecule has 0 saturated carbocycles. The fraction of sp³-hybridized carbons (Fsp3) is 0.286. The van der Waals surface area contributed by atoms with Gasteiger partial charge >= 0.3 is 0 Å². The molecule has 1 heterocycles. The first-order valence-corrected chi connectivity index (χ1v) is 9.18. The van der Waals surface area contributed by atoms with E-state index in [-0.39, 0.29) is 17.7 Å². The molecule has 0 spiro atoms. The molecule has 6 heteroatoms. The van der Waals surface area contributed by atoms with Gasteiger partial charge in [-0.2, -0.15) is 0 Å². The van der Waals surface area contributed by atoms with E-state index in [1.807, 2.05) is 6.92 Å². The number of carbonyl (C=O) groups is 3. The number of hydrogen-bond acceptors (Lipinski definition) is 3. The molecule has 1 aliphatic rings. The number of piperidine rings is 1. The Balaban J connectivity index is 1.64. The number of rotatable bonds is 5. The van der Waals surface area contributed by atoms with E-state index in [0.717, 1.165) is 25.1 Å². The monoisotopic (exact) mass is 365 g/mol. The normalized spacial score (nSPS) is 14.0. The van der Waals surface area contributed by atoms with Crippen molar-refractivity contribution in [3.63, 3.8) is 0 Å². The van der Waals surface area contributed by atoms with Crippen LogP contribution in [0, 0.1) is 0 Å². The summed E-state index contributed by atoms with van der Waals surface area (Å²) in [6.45, 7) is 3.15. The van der Waals surface area contributed by atoms with Crippen molar-refractivity contribution in [3.05, 3.63) is 59.7 Å². The predicted octanol–water partition coefficient (Wildman–Crippen LogP) is 3.21. The van der Waals surface area contributed by atoms with Crippen LogP contribution in [-0.4, -0.2) is 30.8 Å². The lowest BCUT2D eigenvalue weighted by atomic mass is 10.1. The molecule has 1 saturated heterocycles. The van der Waals surface area contributed by atoms with Crippen molar-refractivity contribution in [1.29, 1.82) is 0 Å². The van der Waals surface area contributed by atoms with Gasteiger partial charge in [0.1, 0.15) is 0 Å². The Morgan fingerprint density at radius 1 is 0.926 bits per heavy atom. The number of carbonyl (C=O) groups excluding carboxylic acids is 3. The summed E-state index contributed by atoms with van der Waals surface area (Å²) in [5.74, 6) is -0.249. The van der Waals surface area contributed by atoms with Gasteiger partial charge in [-0.25, -0.2) is 0 Å². The number of nitrogens with one attached hydrogen (secondary N) is 2. The first-order valence-electron chi connectivity index (χ1n) is 9.18. The number of amides is 3. The average molecular weight is 365 g/mol. The summed E-state index contributed by atoms with van der Waals surface area (Å²) in [4.78, 5) is 37.9. The molecular formula is C21H23N3O3. The maximum Gasteiger partial charge on any atom is 0.255 e. The Labute approximate surface area is 158 Å². The van der Waals surface area contributed by atoms with Crippen molar-refractivity contribution in [2.75, 3.05) is 23.3 Å². The molecule has 1 fully saturated rings. The van der Waals surface area contributed by atoms with E-state index in [4.69, 9.17) is 0 Å². The second-order valence-electron chi connectivity index (χ2n) is 6.44. The molecule has 0 bridgehead atoms. The first-order chi connectivity index (χ1) is 13.1. The van der Waals surface area contributed by atoms with E-state index in [1.54, 1.807) is 53.4 Å². The minimum absolute atomic E-state index is 0.130. The fourth-order valence-corrected chi connectivity index (χ4v) is 3.04. The highest BCUT2D eigenvalue weighted by Gasteiger charge is 2.19. The number of anilines is 2. The topological polar surface area (TPSA) is 78.5 Å². The van der Waals surface area contributed by atoms with Crippen LogP contribution in [-0.2, 0) is 4.79 Å². The molecular weight excluding hydrogens is 342 g/mol. The van der Waals surface area contributed by atoms with Crippen LogP contribution in [0.3, 0.4) is 0 Å². The highest BCUT2D eigenvalue weighted by Crippen LogP contribution is 2.21. The highest BCUT2D eigenvalue weighted by atomic mass is 16.2. The molecule has 2 aromatic carbocycles. The van der Waals surface area contributed by atoms with Gasteiger partial charge in [-0.3, -0.25) is 14.4 Å². The van der Waals surface area contributed by atoms with Crippen LogP contribution in [0.2, 0.25) is 0 Å². The van der Waals surface area contributed by atoms with E-state index >= 15 is 0 Å². The lowest BCUT2D eigenvalue weighted by molar-refractivity contribution is -0.119. The molecule has 2 aromatic rings. The summed E-state index contributed by atoms with van der Waals surface area (Å²) in [7, 11) is 0. The molecule has 0 aromatic heterocycles. The zero-order valence-corrected chi connectivity index (χ0v) is 15.3. The van der Waals surface area contributed by atoms with E-state index in [9.17, 15) is 14.4 Å². The molecule has 2 N–H and O–H groups in total. The van der Waals surface area contributed by atoms with Gasteiger partial charge in [0.2, 0.25) is 5.91 Å². The lowest BCUT2D eigenvalue weighted by Gasteiger charge is -2.26. The van der Waals surface area contributed by atoms with Gasteiger partial charge < -0.3 is 15.5 Å². The highest BCUT2D eigenvalue weighted by molar-refractivity contribution is 6.05. The van der Waals surface area contributed by atoms with Crippen LogP contribution >= 0.6 is 0 Å². The van der Waals surface area contributed by atoms with Gasteiger partial charge in [0, 0.05) is 42.0 Å². The molecule has 140 valence electrons. The Bertz CT molecular complexity index is 829. The minimum atomic E-state index is -0.239. The quantitative estimate of drug-likeness (QED) is 0.854. The molecule has 0 aliphatic carbocycles. The predicted molar refractivity (Wildman–Crippen MR) is 105 cm³/mol. The van der Waals surface area contributed by atoms with Crippen molar-refractivity contribution in [1.82, 2.24) is 5.32 Å². The number of nitrogens with zero attached hydrogens (tertiary/aromatic N) is 1. The average Bonchev–Trinajstić information content (AvgIpc) is 2.69. The third-order valence-electron chi connectivity index (χ3n) is 4.51. The van der Waals surface area contributed by atoms with Gasteiger partial charge in [0.25, 0.3) is 11.8 Å². The molecule has 1 aliphatic heterocycles. The summed E-state index contributed by atoms with van der Waals surface area (Å²) >= 11 is 0. The Morgan fingerprint density at radius 3 is 2.19 bits per heavy atom. The van der Waals surface area contributed by atoms with Gasteiger partial charge in [-0.05, 0) is 68.3 Å². The summed E-state index contributed by atoms with van der Waals surface area (Å²) in [6, 6.07) is 13.8. The molecule has 0 radical (unpaired) electrons. The van der Waals surface area contributed by atoms with Gasteiger partial charge in [0.15, 0.2) is 0 Å². The van der Waals surface area contributed by atoms with Crippen LogP contribution < -0.4 is 15.5 Å². The largest absolute Gasteiger partial charge is 0.352 e. The van der Waals surface area contributed by atoms with Crippen molar-refractivity contribution < 1.29 is 14.4 Å². The van der Waals surface area contributed by atoms with Crippen LogP contribution in [0.5, 0.6) is 0 Å². The zero-order valence-electron chi connectivity index (χ0n) is 15.3. The van der Waals surface area contributed by atoms with Crippen molar-refractivity contribution in [2.45, 2.75) is 26.2 Å². The second kappa shape index (κ2) is 8.49. The Kier molecular flexibility index (Phi) is 5.86. The third kappa shape index (κ3) is 4.53. The third-order valence-corrected chi connectivity index (χ3v) is 4.51. The van der Waals surface area contributed by atoms with Gasteiger partial charge in [-0.1, -0.05) is 0 Å². The van der Waals surface area contributed by atoms with Crippen LogP contribution in [0.4, 0.5) is 11.4 Å². The lowest BCUT2D eigenvalue weighted by Crippen LogP contribution is -2.35. The van der Waals surface area contributed by atoms with Crippen LogP contribution in [0.1, 0.15) is 46.9 Å². The van der Waals surface area contributed by atoms with Crippen molar-refractivity contribution >= 4 is 29.1 Å². The van der Waals surface area contributed by atoms with E-state index < -0.39 is 0 Å². The summed E-state index contributed by atoms with van der Waals surface area (Å²) < 4.78 is 0. The molecule has 0 atom stereocenters. The number of hydrogen-bond donors (Lipinski definition) is 2. The molecule has 0 unspecified atom stereocenters. The standard InChI is InChI=1S/C21H23N3O3/c1-2-22-20(26)15-6-10-17(11-7-15)23-21(27)16-8-12-18(13-9-16)24-14-4-3-5-19(24)25/h6-13H,2-5,14H2,1H3,(H,22,26)(H,23,27). The summed E-state index contributed by atoms with van der Waals surface area (Å²) in [6.07, 6.45) is 2.52. The van der Waals surface area contributed by atoms with Crippen molar-refractivity contribution in [3.8, 4) is 0 Å². The molecule has 6 nitrogen and oxygen atoms in total. The van der Waals surface area contributed by atoms with Gasteiger partial charge in [0.05, 0.1) is 0 Å². The molecule has 3 rings (SSSR count). The Morgan fingerprint density at radius 2 is 1.56 bits per heavy atom. The smallest absolute Gasteiger partial charge is 0.255 e. The molecule has 27 heavy (non-hydrogen) atoms. The minimum Gasteiger partial charge on any atom is -0.352 e. The zero-order chi connectivity index (χ0) is 19.2. The second-order valence-corrected chi connectivity index (χ2v) is 6.44. The van der Waals surface area contributed by atoms with E-state index in [1.165, 1.54) is 0 Å². The fourth-order valence-electron chi connectivity index (χ4n) is 3.04. The first kappa shape index (κ1) is 18.6. The van der Waals surface area contributed by atoms with E-state index in [2.05, 4.69) is 10.6 Å². The Hall–Kier alpha value is -3.15. The van der Waals surface area contributed by atoms with E-state index in [0.29, 0.717) is 29.8 Å². The maximum atomic E-state index is 12.4. The van der Waals surface area contributed by atoms with Gasteiger partial charge in [-0.15, -0.1) is 0 Å². The van der Waals surface area contributed by atoms with Crippen LogP contribution in [0.15, 0.2) is 48.5 Å². The maximum absolute atomic E-state index is 12.4. The SMILES string of the molecule is CCNC(=O)c1ccc(NC(=O)c2ccc(N3CCCCC3=O)cc2)cc1. The molecule has 3 amide bonds. The number of benzene rings is 2. The summed E-state index contributed by atoms with van der Waals surface area (Å²) in [5.41, 5.74) is 2.49.